The monoisotopic (exact) mass is 684 g/mol. The molecule has 0 saturated heterocycles. The zero-order valence-corrected chi connectivity index (χ0v) is 30.0. The zero-order valence-electron chi connectivity index (χ0n) is 27.3. The van der Waals surface area contributed by atoms with Crippen molar-refractivity contribution in [1.82, 2.24) is 0 Å². The third-order valence-corrected chi connectivity index (χ3v) is 15.6. The van der Waals surface area contributed by atoms with Crippen molar-refractivity contribution >= 4 is 49.8 Å². The summed E-state index contributed by atoms with van der Waals surface area (Å²) in [6.07, 6.45) is 3.97. The minimum Gasteiger partial charge on any atom is -0.458 e. The van der Waals surface area contributed by atoms with E-state index in [0.29, 0.717) is 18.4 Å². The summed E-state index contributed by atoms with van der Waals surface area (Å²) < 4.78 is 9.31. The van der Waals surface area contributed by atoms with Crippen molar-refractivity contribution in [3.8, 4) is 0 Å². The first-order valence-electron chi connectivity index (χ1n) is 16.3. The molecule has 0 aromatic rings. The van der Waals surface area contributed by atoms with Crippen LogP contribution in [-0.2, 0) is 19.1 Å². The first-order chi connectivity index (χ1) is 20.8. The second kappa shape index (κ2) is 11.7. The first kappa shape index (κ1) is 35.6. The molecule has 0 radical (unpaired) electrons. The van der Waals surface area contributed by atoms with Crippen LogP contribution in [0.1, 0.15) is 86.5 Å². The van der Waals surface area contributed by atoms with Crippen molar-refractivity contribution < 1.29 is 39.5 Å². The highest BCUT2D eigenvalue weighted by Gasteiger charge is 2.74. The summed E-state index contributed by atoms with van der Waals surface area (Å²) >= 11 is 15.5. The lowest BCUT2D eigenvalue weighted by Crippen LogP contribution is -2.74. The number of thiol groups is 3. The molecule has 5 aliphatic rings. The van der Waals surface area contributed by atoms with Crippen LogP contribution >= 0.6 is 37.9 Å². The number of aliphatic hydroxyl groups excluding tert-OH is 4. The highest BCUT2D eigenvalue weighted by atomic mass is 32.1. The molecule has 0 aromatic carbocycles. The number of carbonyl (C=O) groups is 2. The molecule has 13 atom stereocenters. The van der Waals surface area contributed by atoms with Gasteiger partial charge in [-0.15, -0.1) is 0 Å². The summed E-state index contributed by atoms with van der Waals surface area (Å²) in [5.74, 6) is -1.51. The molecule has 4 unspecified atom stereocenters. The molecule has 8 nitrogen and oxygen atoms in total. The van der Waals surface area contributed by atoms with Gasteiger partial charge in [0.25, 0.3) is 0 Å². The summed E-state index contributed by atoms with van der Waals surface area (Å²) in [5, 5.41) is 45.0. The van der Waals surface area contributed by atoms with Crippen molar-refractivity contribution in [2.45, 2.75) is 125 Å². The molecule has 254 valence electrons. The molecule has 0 aromatic heterocycles. The lowest BCUT2D eigenvalue weighted by atomic mass is 9.37. The molecule has 0 bridgehead atoms. The maximum absolute atomic E-state index is 13.1. The molecule has 11 heteroatoms. The van der Waals surface area contributed by atoms with Gasteiger partial charge < -0.3 is 29.9 Å². The van der Waals surface area contributed by atoms with Gasteiger partial charge in [-0.1, -0.05) is 31.6 Å². The van der Waals surface area contributed by atoms with Gasteiger partial charge in [-0.2, -0.15) is 37.9 Å². The Morgan fingerprint density at radius 2 is 1.60 bits per heavy atom. The van der Waals surface area contributed by atoms with Crippen molar-refractivity contribution in [3.63, 3.8) is 0 Å². The number of fused-ring (bicyclic) bond motifs is 7. The van der Waals surface area contributed by atoms with E-state index in [1.807, 2.05) is 6.92 Å². The normalized spacial score (nSPS) is 51.1. The maximum Gasteiger partial charge on any atom is 0.333 e. The van der Waals surface area contributed by atoms with Crippen molar-refractivity contribution in [1.29, 1.82) is 0 Å². The fraction of sp³-hybridized carbons (Fsp3) is 0.824. The predicted molar refractivity (Wildman–Crippen MR) is 181 cm³/mol. The maximum atomic E-state index is 13.1. The molecule has 0 amide bonds. The molecule has 45 heavy (non-hydrogen) atoms. The minimum atomic E-state index is -1.35. The molecule has 4 N–H and O–H groups in total. The SMILES string of the molecule is C/C=C(/C)C(=O)O[C@H]1C(OC(C)=O)[C@@]2(CO)C(C[C@]1(C)S)C1=CCC3[C@@]4(C)CC[C@H](O)[C@](S)(CO)C4CC[C@@]3(C)[C@]1(S)C[C@H]2O. The van der Waals surface area contributed by atoms with Crippen LogP contribution in [-0.4, -0.2) is 84.2 Å². The fourth-order valence-electron chi connectivity index (χ4n) is 10.8. The van der Waals surface area contributed by atoms with E-state index in [9.17, 15) is 30.0 Å². The third-order valence-electron chi connectivity index (χ3n) is 13.4. The molecule has 0 heterocycles. The quantitative estimate of drug-likeness (QED) is 0.0997. The van der Waals surface area contributed by atoms with Gasteiger partial charge in [-0.3, -0.25) is 4.79 Å². The van der Waals surface area contributed by atoms with Crippen LogP contribution in [0, 0.1) is 34.0 Å². The van der Waals surface area contributed by atoms with Gasteiger partial charge in [0.2, 0.25) is 0 Å². The van der Waals surface area contributed by atoms with Crippen LogP contribution in [0.3, 0.4) is 0 Å². The van der Waals surface area contributed by atoms with Gasteiger partial charge in [-0.05, 0) is 94.3 Å². The van der Waals surface area contributed by atoms with Crippen LogP contribution in [0.2, 0.25) is 0 Å². The first-order valence-corrected chi connectivity index (χ1v) is 17.6. The topological polar surface area (TPSA) is 134 Å². The van der Waals surface area contributed by atoms with Crippen molar-refractivity contribution in [2.75, 3.05) is 13.2 Å². The highest BCUT2D eigenvalue weighted by molar-refractivity contribution is 7.82. The Hall–Kier alpha value is -0.690. The summed E-state index contributed by atoms with van der Waals surface area (Å²) in [4.78, 5) is 25.7. The van der Waals surface area contributed by atoms with Gasteiger partial charge in [0.05, 0.1) is 40.3 Å². The molecular weight excluding hydrogens is 633 g/mol. The average molecular weight is 685 g/mol. The van der Waals surface area contributed by atoms with Crippen LogP contribution in [0.15, 0.2) is 23.3 Å². The van der Waals surface area contributed by atoms with Gasteiger partial charge in [0, 0.05) is 17.2 Å². The Morgan fingerprint density at radius 1 is 0.933 bits per heavy atom. The second-order valence-electron chi connectivity index (χ2n) is 15.5. The molecule has 5 rings (SSSR count). The molecule has 0 aliphatic heterocycles. The second-order valence-corrected chi connectivity index (χ2v) is 18.1. The van der Waals surface area contributed by atoms with Crippen LogP contribution in [0.4, 0.5) is 0 Å². The highest BCUT2D eigenvalue weighted by Crippen LogP contribution is 2.74. The number of esters is 2. The van der Waals surface area contributed by atoms with Crippen molar-refractivity contribution in [3.05, 3.63) is 23.3 Å². The Bertz CT molecular complexity index is 1290. The summed E-state index contributed by atoms with van der Waals surface area (Å²) in [6.45, 7) is 10.3. The largest absolute Gasteiger partial charge is 0.458 e. The van der Waals surface area contributed by atoms with Crippen LogP contribution in [0.5, 0.6) is 0 Å². The number of ether oxygens (including phenoxy) is 2. The number of carbonyl (C=O) groups excluding carboxylic acids is 2. The Balaban J connectivity index is 1.63. The Labute approximate surface area is 284 Å². The molecule has 4 fully saturated rings. The van der Waals surface area contributed by atoms with E-state index < -0.39 is 68.5 Å². The molecule has 4 saturated carbocycles. The fourth-order valence-corrected chi connectivity index (χ4v) is 12.4. The van der Waals surface area contributed by atoms with Crippen LogP contribution in [0.25, 0.3) is 0 Å². The molecular formula is C34H52O8S3. The summed E-state index contributed by atoms with van der Waals surface area (Å²) in [6, 6.07) is 0. The van der Waals surface area contributed by atoms with Crippen LogP contribution < -0.4 is 0 Å². The van der Waals surface area contributed by atoms with E-state index in [2.05, 4.69) is 19.9 Å². The van der Waals surface area contributed by atoms with E-state index in [-0.39, 0.29) is 35.7 Å². The van der Waals surface area contributed by atoms with E-state index >= 15 is 0 Å². The number of rotatable bonds is 5. The number of aliphatic hydroxyl groups is 4. The standard InChI is InChI=1S/C34H52O8S3/c1-7-18(2)28(40)42-26-27(41-19(3)37)32(16-35)21(14-31(26,6)43)20-8-9-22-29(4)12-11-24(38)33(44,17-36)23(29)10-13-30(22,5)34(20,45)15-25(32)39/h7-8,21-27,35-36,38-39,43-45H,9-17H2,1-6H3/b18-7-/t21?,22?,23?,24-,25+,26-,27?,29+,30+,31-,32-,33-,34-/m0/s1. The minimum absolute atomic E-state index is 0.00285. The van der Waals surface area contributed by atoms with Crippen molar-refractivity contribution in [2.24, 2.45) is 34.0 Å². The number of hydrogen-bond acceptors (Lipinski definition) is 11. The third kappa shape index (κ3) is 4.86. The number of hydrogen-bond donors (Lipinski definition) is 7. The van der Waals surface area contributed by atoms with E-state index in [1.54, 1.807) is 19.9 Å². The molecule has 5 aliphatic carbocycles. The smallest absolute Gasteiger partial charge is 0.333 e. The number of allylic oxidation sites excluding steroid dienone is 2. The molecule has 0 spiro atoms. The average Bonchev–Trinajstić information content (AvgIpc) is 2.96. The van der Waals surface area contributed by atoms with E-state index in [1.165, 1.54) is 6.92 Å². The summed E-state index contributed by atoms with van der Waals surface area (Å²) in [7, 11) is 0. The Morgan fingerprint density at radius 3 is 2.18 bits per heavy atom. The van der Waals surface area contributed by atoms with Gasteiger partial charge in [0.15, 0.2) is 12.2 Å². The van der Waals surface area contributed by atoms with Gasteiger partial charge in [-0.25, -0.2) is 4.79 Å². The van der Waals surface area contributed by atoms with Gasteiger partial charge >= 0.3 is 11.9 Å². The van der Waals surface area contributed by atoms with Gasteiger partial charge in [0.1, 0.15) is 0 Å². The van der Waals surface area contributed by atoms with E-state index in [4.69, 9.17) is 47.4 Å². The Kier molecular flexibility index (Phi) is 9.28. The predicted octanol–water partition coefficient (Wildman–Crippen LogP) is 4.10. The zero-order chi connectivity index (χ0) is 33.5. The van der Waals surface area contributed by atoms with E-state index in [0.717, 1.165) is 31.3 Å². The lowest BCUT2D eigenvalue weighted by Gasteiger charge is -2.71. The summed E-state index contributed by atoms with van der Waals surface area (Å²) in [5.41, 5.74) is -0.569. The lowest BCUT2D eigenvalue weighted by molar-refractivity contribution is -0.234.